The lowest BCUT2D eigenvalue weighted by molar-refractivity contribution is 0.102. The molecule has 0 spiro atoms. The van der Waals surface area contributed by atoms with Crippen LogP contribution in [0.15, 0.2) is 42.5 Å². The van der Waals surface area contributed by atoms with E-state index in [1.165, 1.54) is 30.4 Å². The van der Waals surface area contributed by atoms with Crippen LogP contribution in [0.5, 0.6) is 0 Å². The Balaban J connectivity index is 1.70. The Morgan fingerprint density at radius 3 is 2.71 bits per heavy atom. The maximum Gasteiger partial charge on any atom is 0.255 e. The van der Waals surface area contributed by atoms with Crippen LogP contribution >= 0.6 is 0 Å². The molecule has 0 saturated carbocycles. The number of amides is 1. The van der Waals surface area contributed by atoms with Gasteiger partial charge in [-0.3, -0.25) is 4.79 Å². The van der Waals surface area contributed by atoms with Gasteiger partial charge in [-0.25, -0.2) is 4.85 Å². The van der Waals surface area contributed by atoms with Crippen molar-refractivity contribution in [1.82, 2.24) is 0 Å². The second-order valence-corrected chi connectivity index (χ2v) is 6.49. The van der Waals surface area contributed by atoms with E-state index >= 15 is 0 Å². The summed E-state index contributed by atoms with van der Waals surface area (Å²) < 4.78 is 0. The highest BCUT2D eigenvalue weighted by molar-refractivity contribution is 6.04. The van der Waals surface area contributed by atoms with Crippen LogP contribution in [0.3, 0.4) is 0 Å². The molecule has 0 saturated heterocycles. The topological polar surface area (TPSA) is 33.5 Å². The third-order valence-corrected chi connectivity index (χ3v) is 4.75. The first kappa shape index (κ1) is 16.3. The lowest BCUT2D eigenvalue weighted by atomic mass is 9.81. The molecule has 2 aromatic rings. The Morgan fingerprint density at radius 1 is 1.21 bits per heavy atom. The zero-order valence-electron chi connectivity index (χ0n) is 14.0. The number of benzene rings is 2. The minimum Gasteiger partial charge on any atom is -0.322 e. The van der Waals surface area contributed by atoms with E-state index in [0.29, 0.717) is 11.3 Å². The number of carbonyl (C=O) groups is 1. The second kappa shape index (κ2) is 7.31. The monoisotopic (exact) mass is 318 g/mol. The van der Waals surface area contributed by atoms with E-state index in [2.05, 4.69) is 29.2 Å². The van der Waals surface area contributed by atoms with Gasteiger partial charge >= 0.3 is 0 Å². The van der Waals surface area contributed by atoms with Crippen LogP contribution in [0.4, 0.5) is 11.4 Å². The molecule has 2 aromatic carbocycles. The van der Waals surface area contributed by atoms with Crippen LogP contribution < -0.4 is 5.32 Å². The first-order valence-corrected chi connectivity index (χ1v) is 8.60. The maximum atomic E-state index is 12.3. The number of nitrogens with zero attached hydrogens (tertiary/aromatic N) is 1. The minimum atomic E-state index is -0.133. The van der Waals surface area contributed by atoms with Gasteiger partial charge < -0.3 is 5.32 Å². The van der Waals surface area contributed by atoms with Crippen molar-refractivity contribution >= 4 is 17.3 Å². The molecule has 3 rings (SSSR count). The molecule has 3 heteroatoms. The molecule has 122 valence electrons. The van der Waals surface area contributed by atoms with Crippen molar-refractivity contribution in [2.24, 2.45) is 5.92 Å². The predicted octanol–water partition coefficient (Wildman–Crippen LogP) is 5.39. The number of anilines is 1. The van der Waals surface area contributed by atoms with Crippen molar-refractivity contribution in [3.05, 3.63) is 70.6 Å². The number of aryl methyl sites for hydroxylation is 1. The molecule has 0 heterocycles. The van der Waals surface area contributed by atoms with E-state index in [1.54, 1.807) is 24.3 Å². The van der Waals surface area contributed by atoms with Crippen LogP contribution in [-0.2, 0) is 12.8 Å². The number of hydrogen-bond acceptors (Lipinski definition) is 1. The number of hydrogen-bond donors (Lipinski definition) is 1. The first-order valence-electron chi connectivity index (χ1n) is 8.60. The molecule has 1 atom stereocenters. The van der Waals surface area contributed by atoms with Gasteiger partial charge in [0.25, 0.3) is 5.91 Å². The number of carbonyl (C=O) groups excluding carboxylic acids is 1. The van der Waals surface area contributed by atoms with Crippen molar-refractivity contribution in [2.45, 2.75) is 39.0 Å². The van der Waals surface area contributed by atoms with Crippen molar-refractivity contribution in [3.63, 3.8) is 0 Å². The van der Waals surface area contributed by atoms with Gasteiger partial charge in [-0.1, -0.05) is 50.1 Å². The van der Waals surface area contributed by atoms with Gasteiger partial charge in [0.15, 0.2) is 5.69 Å². The average Bonchev–Trinajstić information content (AvgIpc) is 2.62. The lowest BCUT2D eigenvalue weighted by Gasteiger charge is -2.24. The molecule has 24 heavy (non-hydrogen) atoms. The molecule has 0 aliphatic heterocycles. The lowest BCUT2D eigenvalue weighted by Crippen LogP contribution is -2.16. The molecule has 1 N–H and O–H groups in total. The molecule has 0 bridgehead atoms. The van der Waals surface area contributed by atoms with Crippen LogP contribution in [0.25, 0.3) is 4.85 Å². The molecule has 1 unspecified atom stereocenters. The van der Waals surface area contributed by atoms with E-state index in [4.69, 9.17) is 6.57 Å². The third kappa shape index (κ3) is 3.65. The summed E-state index contributed by atoms with van der Waals surface area (Å²) in [5, 5.41) is 2.97. The van der Waals surface area contributed by atoms with E-state index < -0.39 is 0 Å². The van der Waals surface area contributed by atoms with Crippen LogP contribution in [-0.4, -0.2) is 5.91 Å². The van der Waals surface area contributed by atoms with Gasteiger partial charge in [0, 0.05) is 11.3 Å². The van der Waals surface area contributed by atoms with Gasteiger partial charge in [0.2, 0.25) is 0 Å². The standard InChI is InChI=1S/C21H22N2O/c1-3-4-15-5-6-18-14-20(12-9-17(18)13-15)23-21(24)16-7-10-19(22-2)11-8-16/h7-12,14-15H,3-6,13H2,1H3,(H,23,24). The van der Waals surface area contributed by atoms with Crippen molar-refractivity contribution in [1.29, 1.82) is 0 Å². The second-order valence-electron chi connectivity index (χ2n) is 6.49. The molecule has 3 nitrogen and oxygen atoms in total. The fourth-order valence-corrected chi connectivity index (χ4v) is 3.45. The summed E-state index contributed by atoms with van der Waals surface area (Å²) in [6, 6.07) is 13.0. The molecule has 0 fully saturated rings. The summed E-state index contributed by atoms with van der Waals surface area (Å²) in [4.78, 5) is 15.7. The average molecular weight is 318 g/mol. The Bertz CT molecular complexity index is 771. The fourth-order valence-electron chi connectivity index (χ4n) is 3.45. The smallest absolute Gasteiger partial charge is 0.255 e. The summed E-state index contributed by atoms with van der Waals surface area (Å²) >= 11 is 0. The highest BCUT2D eigenvalue weighted by atomic mass is 16.1. The van der Waals surface area contributed by atoms with Crippen molar-refractivity contribution in [2.75, 3.05) is 5.32 Å². The SMILES string of the molecule is [C-]#[N+]c1ccc(C(=O)Nc2ccc3c(c2)CCC(CCC)C3)cc1. The first-order chi connectivity index (χ1) is 11.7. The normalized spacial score (nSPS) is 16.1. The summed E-state index contributed by atoms with van der Waals surface area (Å²) in [7, 11) is 0. The molecule has 1 aliphatic rings. The third-order valence-electron chi connectivity index (χ3n) is 4.75. The molecular weight excluding hydrogens is 296 g/mol. The predicted molar refractivity (Wildman–Crippen MR) is 97.5 cm³/mol. The molecule has 1 aliphatic carbocycles. The summed E-state index contributed by atoms with van der Waals surface area (Å²) in [5.74, 6) is 0.676. The minimum absolute atomic E-state index is 0.133. The quantitative estimate of drug-likeness (QED) is 0.753. The molecule has 0 radical (unpaired) electrons. The van der Waals surface area contributed by atoms with Crippen LogP contribution in [0, 0.1) is 12.5 Å². The molecular formula is C21H22N2O. The zero-order valence-corrected chi connectivity index (χ0v) is 14.0. The fraction of sp³-hybridized carbons (Fsp3) is 0.333. The van der Waals surface area contributed by atoms with Gasteiger partial charge in [-0.05, 0) is 48.4 Å². The Kier molecular flexibility index (Phi) is 4.96. The van der Waals surface area contributed by atoms with Crippen LogP contribution in [0.2, 0.25) is 0 Å². The highest BCUT2D eigenvalue weighted by Crippen LogP contribution is 2.30. The van der Waals surface area contributed by atoms with E-state index in [0.717, 1.165) is 24.4 Å². The zero-order chi connectivity index (χ0) is 16.9. The summed E-state index contributed by atoms with van der Waals surface area (Å²) in [6.07, 6.45) is 6.06. The summed E-state index contributed by atoms with van der Waals surface area (Å²) in [6.45, 7) is 9.20. The van der Waals surface area contributed by atoms with Gasteiger partial charge in [-0.15, -0.1) is 0 Å². The van der Waals surface area contributed by atoms with Gasteiger partial charge in [0.05, 0.1) is 6.57 Å². The van der Waals surface area contributed by atoms with Gasteiger partial charge in [-0.2, -0.15) is 0 Å². The summed E-state index contributed by atoms with van der Waals surface area (Å²) in [5.41, 5.74) is 4.76. The van der Waals surface area contributed by atoms with E-state index in [9.17, 15) is 4.79 Å². The molecule has 1 amide bonds. The number of fused-ring (bicyclic) bond motifs is 1. The number of rotatable bonds is 4. The van der Waals surface area contributed by atoms with E-state index in [-0.39, 0.29) is 5.91 Å². The highest BCUT2D eigenvalue weighted by Gasteiger charge is 2.18. The Hall–Kier alpha value is -2.60. The maximum absolute atomic E-state index is 12.3. The molecule has 0 aromatic heterocycles. The van der Waals surface area contributed by atoms with Gasteiger partial charge in [0.1, 0.15) is 0 Å². The van der Waals surface area contributed by atoms with Crippen molar-refractivity contribution < 1.29 is 4.79 Å². The van der Waals surface area contributed by atoms with Crippen LogP contribution in [0.1, 0.15) is 47.7 Å². The number of nitrogens with one attached hydrogen (secondary N) is 1. The van der Waals surface area contributed by atoms with E-state index in [1.807, 2.05) is 6.07 Å². The Morgan fingerprint density at radius 2 is 2.00 bits per heavy atom. The Labute approximate surface area is 143 Å². The van der Waals surface area contributed by atoms with Crippen molar-refractivity contribution in [3.8, 4) is 0 Å². The largest absolute Gasteiger partial charge is 0.322 e.